The van der Waals surface area contributed by atoms with Gasteiger partial charge in [0.25, 0.3) is 0 Å². The summed E-state index contributed by atoms with van der Waals surface area (Å²) < 4.78 is 12.2. The topological polar surface area (TPSA) is 0 Å². The molecule has 110 valence electrons. The minimum Gasteiger partial charge on any atom is -0.216 e. The van der Waals surface area contributed by atoms with Crippen molar-refractivity contribution in [3.63, 3.8) is 0 Å². The van der Waals surface area contributed by atoms with E-state index < -0.39 is 0 Å². The number of rotatable bonds is 5. The summed E-state index contributed by atoms with van der Waals surface area (Å²) in [4.78, 5) is 0. The van der Waals surface area contributed by atoms with Crippen LogP contribution < -0.4 is 0 Å². The Hall–Kier alpha value is -0.330. The highest BCUT2D eigenvalue weighted by molar-refractivity contribution is 4.89. The molecule has 0 aromatic rings. The fourth-order valence-corrected chi connectivity index (χ4v) is 4.35. The molecule has 0 heterocycles. The molecule has 2 saturated carbocycles. The van der Waals surface area contributed by atoms with Gasteiger partial charge in [-0.15, -0.1) is 0 Å². The zero-order chi connectivity index (χ0) is 13.5. The van der Waals surface area contributed by atoms with Crippen LogP contribution in [0.2, 0.25) is 0 Å². The standard InChI is InChI=1S/C18H31F/c1-2-3-4-15-5-9-17(10-6-15)18-11-7-16(8-12-18)13-14-19/h13-18H,2-12H2,1H3/b14-13+. The van der Waals surface area contributed by atoms with Gasteiger partial charge in [-0.2, -0.15) is 0 Å². The van der Waals surface area contributed by atoms with Crippen LogP contribution in [0.5, 0.6) is 0 Å². The van der Waals surface area contributed by atoms with Crippen molar-refractivity contribution in [2.24, 2.45) is 23.7 Å². The van der Waals surface area contributed by atoms with E-state index in [9.17, 15) is 4.39 Å². The molecule has 19 heavy (non-hydrogen) atoms. The molecular weight excluding hydrogens is 235 g/mol. The van der Waals surface area contributed by atoms with Crippen LogP contribution in [0.1, 0.15) is 77.6 Å². The predicted octanol–water partition coefficient (Wildman–Crippen LogP) is 6.27. The van der Waals surface area contributed by atoms with Crippen LogP contribution in [0, 0.1) is 23.7 Å². The zero-order valence-electron chi connectivity index (χ0n) is 12.6. The summed E-state index contributed by atoms with van der Waals surface area (Å²) in [6.07, 6.45) is 17.8. The smallest absolute Gasteiger partial charge is 0.0829 e. The highest BCUT2D eigenvalue weighted by Gasteiger charge is 2.30. The molecule has 0 bridgehead atoms. The largest absolute Gasteiger partial charge is 0.216 e. The van der Waals surface area contributed by atoms with Gasteiger partial charge in [0.2, 0.25) is 0 Å². The lowest BCUT2D eigenvalue weighted by molar-refractivity contribution is 0.151. The van der Waals surface area contributed by atoms with Crippen LogP contribution in [-0.2, 0) is 0 Å². The van der Waals surface area contributed by atoms with Gasteiger partial charge in [0.05, 0.1) is 6.33 Å². The van der Waals surface area contributed by atoms with Crippen molar-refractivity contribution in [3.8, 4) is 0 Å². The van der Waals surface area contributed by atoms with Crippen LogP contribution in [0.15, 0.2) is 12.4 Å². The first-order valence-corrected chi connectivity index (χ1v) is 8.60. The molecule has 0 N–H and O–H groups in total. The molecule has 1 heteroatoms. The first kappa shape index (κ1) is 15.1. The molecule has 0 radical (unpaired) electrons. The Labute approximate surface area is 118 Å². The number of hydrogen-bond acceptors (Lipinski definition) is 0. The maximum atomic E-state index is 12.2. The van der Waals surface area contributed by atoms with Crippen LogP contribution in [0.25, 0.3) is 0 Å². The van der Waals surface area contributed by atoms with Crippen molar-refractivity contribution in [3.05, 3.63) is 12.4 Å². The van der Waals surface area contributed by atoms with Gasteiger partial charge in [-0.05, 0) is 62.2 Å². The van der Waals surface area contributed by atoms with Crippen LogP contribution in [-0.4, -0.2) is 0 Å². The molecule has 0 aliphatic heterocycles. The van der Waals surface area contributed by atoms with E-state index in [1.54, 1.807) is 6.08 Å². The summed E-state index contributed by atoms with van der Waals surface area (Å²) in [7, 11) is 0. The van der Waals surface area contributed by atoms with Gasteiger partial charge < -0.3 is 0 Å². The predicted molar refractivity (Wildman–Crippen MR) is 80.7 cm³/mol. The maximum absolute atomic E-state index is 12.2. The molecular formula is C18H31F. The van der Waals surface area contributed by atoms with Crippen molar-refractivity contribution in [1.82, 2.24) is 0 Å². The summed E-state index contributed by atoms with van der Waals surface area (Å²) in [5.41, 5.74) is 0. The average Bonchev–Trinajstić information content (AvgIpc) is 2.47. The fraction of sp³-hybridized carbons (Fsp3) is 0.889. The highest BCUT2D eigenvalue weighted by Crippen LogP contribution is 2.42. The third-order valence-corrected chi connectivity index (χ3v) is 5.69. The van der Waals surface area contributed by atoms with E-state index in [0.29, 0.717) is 5.92 Å². The molecule has 0 atom stereocenters. The number of allylic oxidation sites excluding steroid dienone is 1. The molecule has 0 nitrogen and oxygen atoms in total. The van der Waals surface area contributed by atoms with Gasteiger partial charge >= 0.3 is 0 Å². The number of halogens is 1. The maximum Gasteiger partial charge on any atom is 0.0829 e. The third kappa shape index (κ3) is 4.61. The third-order valence-electron chi connectivity index (χ3n) is 5.69. The Bertz CT molecular complexity index is 255. The van der Waals surface area contributed by atoms with Crippen LogP contribution in [0.3, 0.4) is 0 Å². The lowest BCUT2D eigenvalue weighted by Gasteiger charge is -2.37. The summed E-state index contributed by atoms with van der Waals surface area (Å²) in [6.45, 7) is 2.30. The highest BCUT2D eigenvalue weighted by atomic mass is 19.1. The quantitative estimate of drug-likeness (QED) is 0.550. The Kier molecular flexibility index (Phi) is 6.40. The molecule has 2 fully saturated rings. The minimum atomic E-state index is 0.530. The second-order valence-corrected chi connectivity index (χ2v) is 6.92. The van der Waals surface area contributed by atoms with Crippen molar-refractivity contribution >= 4 is 0 Å². The summed E-state index contributed by atoms with van der Waals surface area (Å²) in [6, 6.07) is 0. The Morgan fingerprint density at radius 2 is 1.47 bits per heavy atom. The summed E-state index contributed by atoms with van der Waals surface area (Å²) in [5, 5.41) is 0. The molecule has 0 aromatic heterocycles. The van der Waals surface area contributed by atoms with Gasteiger partial charge in [-0.25, -0.2) is 4.39 Å². The van der Waals surface area contributed by atoms with Gasteiger partial charge in [0.1, 0.15) is 0 Å². The molecule has 2 aliphatic carbocycles. The first-order valence-electron chi connectivity index (χ1n) is 8.60. The second-order valence-electron chi connectivity index (χ2n) is 6.92. The van der Waals surface area contributed by atoms with Crippen molar-refractivity contribution in [2.45, 2.75) is 77.6 Å². The molecule has 2 aliphatic rings. The lowest BCUT2D eigenvalue weighted by atomic mass is 9.69. The molecule has 2 rings (SSSR count). The second kappa shape index (κ2) is 8.07. The van der Waals surface area contributed by atoms with Crippen molar-refractivity contribution in [1.29, 1.82) is 0 Å². The summed E-state index contributed by atoms with van der Waals surface area (Å²) in [5.74, 6) is 3.51. The van der Waals surface area contributed by atoms with E-state index in [4.69, 9.17) is 0 Å². The van der Waals surface area contributed by atoms with Crippen molar-refractivity contribution in [2.75, 3.05) is 0 Å². The SMILES string of the molecule is CCCCC1CCC(C2CCC(/C=C/F)CC2)CC1. The molecule has 0 spiro atoms. The van der Waals surface area contributed by atoms with Gasteiger partial charge in [0.15, 0.2) is 0 Å². The van der Waals surface area contributed by atoms with Crippen LogP contribution in [0.4, 0.5) is 4.39 Å². The molecule has 0 aromatic carbocycles. The minimum absolute atomic E-state index is 0.530. The normalized spacial score (nSPS) is 36.7. The van der Waals surface area contributed by atoms with E-state index in [-0.39, 0.29) is 0 Å². The van der Waals surface area contributed by atoms with E-state index in [1.165, 1.54) is 70.6 Å². The Morgan fingerprint density at radius 1 is 0.895 bits per heavy atom. The van der Waals surface area contributed by atoms with E-state index >= 15 is 0 Å². The van der Waals surface area contributed by atoms with E-state index in [2.05, 4.69) is 6.92 Å². The Morgan fingerprint density at radius 3 is 2.00 bits per heavy atom. The van der Waals surface area contributed by atoms with Crippen LogP contribution >= 0.6 is 0 Å². The monoisotopic (exact) mass is 266 g/mol. The molecule has 0 saturated heterocycles. The average molecular weight is 266 g/mol. The van der Waals surface area contributed by atoms with Gasteiger partial charge in [0, 0.05) is 0 Å². The summed E-state index contributed by atoms with van der Waals surface area (Å²) >= 11 is 0. The number of hydrogen-bond donors (Lipinski definition) is 0. The van der Waals surface area contributed by atoms with Gasteiger partial charge in [-0.3, -0.25) is 0 Å². The Balaban J connectivity index is 1.68. The molecule has 0 amide bonds. The van der Waals surface area contributed by atoms with Crippen molar-refractivity contribution < 1.29 is 4.39 Å². The zero-order valence-corrected chi connectivity index (χ0v) is 12.6. The van der Waals surface area contributed by atoms with Gasteiger partial charge in [-0.1, -0.05) is 45.1 Å². The molecule has 0 unspecified atom stereocenters. The number of unbranched alkanes of at least 4 members (excludes halogenated alkanes) is 1. The van der Waals surface area contributed by atoms with E-state index in [1.807, 2.05) is 0 Å². The first-order chi connectivity index (χ1) is 9.33. The fourth-order valence-electron chi connectivity index (χ4n) is 4.35. The lowest BCUT2D eigenvalue weighted by Crippen LogP contribution is -2.25. The van der Waals surface area contributed by atoms with E-state index in [0.717, 1.165) is 24.1 Å².